The zero-order chi connectivity index (χ0) is 13.4. The van der Waals surface area contributed by atoms with Crippen molar-refractivity contribution in [1.82, 2.24) is 10.2 Å². The molecule has 0 aromatic heterocycles. The van der Waals surface area contributed by atoms with Gasteiger partial charge in [-0.2, -0.15) is 5.26 Å². The van der Waals surface area contributed by atoms with Crippen LogP contribution in [0.2, 0.25) is 0 Å². The number of piperidine rings is 1. The minimum atomic E-state index is -0.329. The maximum atomic E-state index is 9.24. The second kappa shape index (κ2) is 7.73. The summed E-state index contributed by atoms with van der Waals surface area (Å²) in [7, 11) is 3.69. The Balaban J connectivity index is 2.24. The molecule has 1 N–H and O–H groups in total. The van der Waals surface area contributed by atoms with E-state index in [1.807, 2.05) is 7.05 Å². The molecule has 0 radical (unpaired) electrons. The molecule has 0 spiro atoms. The lowest BCUT2D eigenvalue weighted by Crippen LogP contribution is -2.42. The number of methoxy groups -OCH3 is 1. The van der Waals surface area contributed by atoms with E-state index in [2.05, 4.69) is 23.2 Å². The van der Waals surface area contributed by atoms with Crippen molar-refractivity contribution in [2.75, 3.05) is 33.8 Å². The van der Waals surface area contributed by atoms with Crippen LogP contribution in [0.5, 0.6) is 0 Å². The molecule has 1 heterocycles. The van der Waals surface area contributed by atoms with Crippen molar-refractivity contribution >= 4 is 0 Å². The van der Waals surface area contributed by atoms with Gasteiger partial charge in [0.05, 0.1) is 12.2 Å². The van der Waals surface area contributed by atoms with Crippen molar-refractivity contribution in [3.63, 3.8) is 0 Å². The summed E-state index contributed by atoms with van der Waals surface area (Å²) in [6.07, 6.45) is 5.61. The van der Waals surface area contributed by atoms with E-state index in [1.165, 1.54) is 0 Å². The largest absolute Gasteiger partial charge is 0.381 e. The minimum Gasteiger partial charge on any atom is -0.381 e. The maximum Gasteiger partial charge on any atom is 0.106 e. The van der Waals surface area contributed by atoms with Crippen LogP contribution in [0.1, 0.15) is 39.0 Å². The molecule has 0 aromatic rings. The van der Waals surface area contributed by atoms with Gasteiger partial charge in [-0.25, -0.2) is 0 Å². The second-order valence-corrected chi connectivity index (χ2v) is 5.18. The molecule has 1 unspecified atom stereocenters. The van der Waals surface area contributed by atoms with Crippen molar-refractivity contribution in [3.05, 3.63) is 0 Å². The number of ether oxygens (including phenoxy) is 1. The standard InChI is InChI=1S/C14H27N3O/c1-4-14(12-15,16-2)8-5-9-17-10-6-13(18-3)7-11-17/h13,16H,4-11H2,1-3H3. The van der Waals surface area contributed by atoms with Crippen LogP contribution in [0.15, 0.2) is 0 Å². The van der Waals surface area contributed by atoms with E-state index in [0.29, 0.717) is 6.10 Å². The van der Waals surface area contributed by atoms with Crippen LogP contribution in [-0.4, -0.2) is 50.3 Å². The Morgan fingerprint density at radius 1 is 1.44 bits per heavy atom. The summed E-state index contributed by atoms with van der Waals surface area (Å²) in [5, 5.41) is 12.4. The van der Waals surface area contributed by atoms with Gasteiger partial charge in [0, 0.05) is 20.2 Å². The highest BCUT2D eigenvalue weighted by Gasteiger charge is 2.25. The van der Waals surface area contributed by atoms with Gasteiger partial charge in [-0.05, 0) is 45.7 Å². The van der Waals surface area contributed by atoms with Crippen LogP contribution in [0.25, 0.3) is 0 Å². The van der Waals surface area contributed by atoms with Gasteiger partial charge in [-0.1, -0.05) is 6.92 Å². The van der Waals surface area contributed by atoms with Crippen molar-refractivity contribution in [1.29, 1.82) is 5.26 Å². The van der Waals surface area contributed by atoms with E-state index in [-0.39, 0.29) is 5.54 Å². The quantitative estimate of drug-likeness (QED) is 0.751. The number of likely N-dealkylation sites (tertiary alicyclic amines) is 1. The molecular weight excluding hydrogens is 226 g/mol. The Morgan fingerprint density at radius 2 is 2.11 bits per heavy atom. The molecular formula is C14H27N3O. The Morgan fingerprint density at radius 3 is 2.56 bits per heavy atom. The fourth-order valence-electron chi connectivity index (χ4n) is 2.64. The van der Waals surface area contributed by atoms with E-state index in [0.717, 1.165) is 51.7 Å². The van der Waals surface area contributed by atoms with Crippen molar-refractivity contribution in [2.45, 2.75) is 50.7 Å². The molecule has 18 heavy (non-hydrogen) atoms. The molecule has 0 bridgehead atoms. The molecule has 4 heteroatoms. The third kappa shape index (κ3) is 4.24. The van der Waals surface area contributed by atoms with Crippen molar-refractivity contribution < 1.29 is 4.74 Å². The Hall–Kier alpha value is -0.630. The number of nitrogens with zero attached hydrogens (tertiary/aromatic N) is 2. The molecule has 1 fully saturated rings. The lowest BCUT2D eigenvalue weighted by Gasteiger charge is -2.32. The summed E-state index contributed by atoms with van der Waals surface area (Å²) in [5.74, 6) is 0. The van der Waals surface area contributed by atoms with Crippen LogP contribution in [-0.2, 0) is 4.74 Å². The highest BCUT2D eigenvalue weighted by Crippen LogP contribution is 2.18. The SMILES string of the molecule is CCC(C#N)(CCCN1CCC(OC)CC1)NC. The van der Waals surface area contributed by atoms with Crippen LogP contribution in [0, 0.1) is 11.3 Å². The zero-order valence-corrected chi connectivity index (χ0v) is 12.0. The third-order valence-corrected chi connectivity index (χ3v) is 4.24. The Labute approximate surface area is 111 Å². The first-order chi connectivity index (χ1) is 8.69. The van der Waals surface area contributed by atoms with Crippen LogP contribution >= 0.6 is 0 Å². The lowest BCUT2D eigenvalue weighted by atomic mass is 9.92. The molecule has 1 aliphatic rings. The monoisotopic (exact) mass is 253 g/mol. The lowest BCUT2D eigenvalue weighted by molar-refractivity contribution is 0.0403. The maximum absolute atomic E-state index is 9.24. The van der Waals surface area contributed by atoms with E-state index in [9.17, 15) is 5.26 Å². The van der Waals surface area contributed by atoms with Gasteiger partial charge in [0.2, 0.25) is 0 Å². The summed E-state index contributed by atoms with van der Waals surface area (Å²) in [6, 6.07) is 2.42. The summed E-state index contributed by atoms with van der Waals surface area (Å²) in [6.45, 7) is 5.43. The second-order valence-electron chi connectivity index (χ2n) is 5.18. The van der Waals surface area contributed by atoms with Crippen LogP contribution in [0.4, 0.5) is 0 Å². The minimum absolute atomic E-state index is 0.329. The van der Waals surface area contributed by atoms with E-state index in [4.69, 9.17) is 4.74 Å². The smallest absolute Gasteiger partial charge is 0.106 e. The first kappa shape index (κ1) is 15.4. The normalized spacial score (nSPS) is 21.4. The van der Waals surface area contributed by atoms with E-state index < -0.39 is 0 Å². The number of nitriles is 1. The molecule has 0 aliphatic carbocycles. The average molecular weight is 253 g/mol. The average Bonchev–Trinajstić information content (AvgIpc) is 2.45. The molecule has 1 aliphatic heterocycles. The molecule has 1 rings (SSSR count). The van der Waals surface area contributed by atoms with Crippen molar-refractivity contribution in [2.24, 2.45) is 0 Å². The number of nitrogens with one attached hydrogen (secondary N) is 1. The van der Waals surface area contributed by atoms with Gasteiger partial charge < -0.3 is 15.0 Å². The van der Waals surface area contributed by atoms with E-state index in [1.54, 1.807) is 7.11 Å². The summed E-state index contributed by atoms with van der Waals surface area (Å²) < 4.78 is 5.37. The zero-order valence-electron chi connectivity index (χ0n) is 12.0. The third-order valence-electron chi connectivity index (χ3n) is 4.24. The van der Waals surface area contributed by atoms with E-state index >= 15 is 0 Å². The van der Waals surface area contributed by atoms with Gasteiger partial charge in [-0.3, -0.25) is 0 Å². The molecule has 104 valence electrons. The first-order valence-electron chi connectivity index (χ1n) is 7.05. The fourth-order valence-corrected chi connectivity index (χ4v) is 2.64. The predicted octanol–water partition coefficient (Wildman–Crippen LogP) is 1.77. The molecule has 0 saturated carbocycles. The topological polar surface area (TPSA) is 48.3 Å². The Bertz CT molecular complexity index is 263. The van der Waals surface area contributed by atoms with Gasteiger partial charge in [0.25, 0.3) is 0 Å². The molecule has 0 aromatic carbocycles. The summed E-state index contributed by atoms with van der Waals surface area (Å²) in [5.41, 5.74) is -0.329. The van der Waals surface area contributed by atoms with Gasteiger partial charge in [0.1, 0.15) is 5.54 Å². The molecule has 1 saturated heterocycles. The van der Waals surface area contributed by atoms with Crippen LogP contribution < -0.4 is 5.32 Å². The summed E-state index contributed by atoms with van der Waals surface area (Å²) >= 11 is 0. The first-order valence-corrected chi connectivity index (χ1v) is 7.05. The number of hydrogen-bond donors (Lipinski definition) is 1. The van der Waals surface area contributed by atoms with Crippen LogP contribution in [0.3, 0.4) is 0 Å². The molecule has 0 amide bonds. The molecule has 4 nitrogen and oxygen atoms in total. The molecule has 1 atom stereocenters. The van der Waals surface area contributed by atoms with Gasteiger partial charge in [0.15, 0.2) is 0 Å². The van der Waals surface area contributed by atoms with Gasteiger partial charge in [-0.15, -0.1) is 0 Å². The predicted molar refractivity (Wildman–Crippen MR) is 73.4 cm³/mol. The summed E-state index contributed by atoms with van der Waals surface area (Å²) in [4.78, 5) is 2.49. The van der Waals surface area contributed by atoms with Crippen molar-refractivity contribution in [3.8, 4) is 6.07 Å². The number of rotatable bonds is 7. The van der Waals surface area contributed by atoms with Gasteiger partial charge >= 0.3 is 0 Å². The Kier molecular flexibility index (Phi) is 6.62. The number of hydrogen-bond acceptors (Lipinski definition) is 4. The fraction of sp³-hybridized carbons (Fsp3) is 0.929. The highest BCUT2D eigenvalue weighted by molar-refractivity contribution is 5.05. The highest BCUT2D eigenvalue weighted by atomic mass is 16.5.